The number of hydrogen-bond acceptors (Lipinski definition) is 5. The van der Waals surface area contributed by atoms with Crippen LogP contribution in [0.1, 0.15) is 54.8 Å². The summed E-state index contributed by atoms with van der Waals surface area (Å²) in [6.07, 6.45) is 8.85. The number of nitrogens with zero attached hydrogens (tertiary/aromatic N) is 2. The van der Waals surface area contributed by atoms with Gasteiger partial charge in [0.25, 0.3) is 0 Å². The normalized spacial score (nSPS) is 25.2. The molecule has 0 aromatic carbocycles. The van der Waals surface area contributed by atoms with Gasteiger partial charge in [0.1, 0.15) is 16.5 Å². The van der Waals surface area contributed by atoms with Crippen molar-refractivity contribution in [2.24, 2.45) is 0 Å². The van der Waals surface area contributed by atoms with Crippen LogP contribution < -0.4 is 5.32 Å². The molecule has 22 heavy (non-hydrogen) atoms. The fourth-order valence-electron chi connectivity index (χ4n) is 3.82. The molecule has 5 heteroatoms. The van der Waals surface area contributed by atoms with Crippen LogP contribution >= 0.6 is 11.3 Å². The van der Waals surface area contributed by atoms with E-state index in [4.69, 9.17) is 0 Å². The summed E-state index contributed by atoms with van der Waals surface area (Å²) in [6.45, 7) is 1.96. The van der Waals surface area contributed by atoms with Gasteiger partial charge >= 0.3 is 0 Å². The lowest BCUT2D eigenvalue weighted by Crippen LogP contribution is -2.36. The van der Waals surface area contributed by atoms with Crippen molar-refractivity contribution in [3.8, 4) is 0 Å². The van der Waals surface area contributed by atoms with Crippen LogP contribution in [0.25, 0.3) is 10.2 Å². The number of rotatable bonds is 2. The van der Waals surface area contributed by atoms with Crippen LogP contribution in [0, 0.1) is 6.92 Å². The van der Waals surface area contributed by atoms with Crippen molar-refractivity contribution in [1.29, 1.82) is 0 Å². The Balaban J connectivity index is 1.77. The topological polar surface area (TPSA) is 58.0 Å². The molecule has 2 aromatic heterocycles. The molecule has 0 amide bonds. The average molecular weight is 317 g/mol. The number of aromatic nitrogens is 2. The number of thiophene rings is 1. The Morgan fingerprint density at radius 1 is 1.09 bits per heavy atom. The Hall–Kier alpha value is -1.20. The highest BCUT2D eigenvalue weighted by molar-refractivity contribution is 7.19. The van der Waals surface area contributed by atoms with Crippen LogP contribution in [-0.4, -0.2) is 27.2 Å². The second-order valence-corrected chi connectivity index (χ2v) is 7.70. The van der Waals surface area contributed by atoms with Gasteiger partial charge in [-0.15, -0.1) is 11.3 Å². The summed E-state index contributed by atoms with van der Waals surface area (Å²) in [6, 6.07) is 0.130. The van der Waals surface area contributed by atoms with Crippen LogP contribution in [0.4, 0.5) is 5.82 Å². The van der Waals surface area contributed by atoms with E-state index in [2.05, 4.69) is 15.3 Å². The van der Waals surface area contributed by atoms with E-state index in [9.17, 15) is 5.11 Å². The zero-order chi connectivity index (χ0) is 15.1. The molecule has 2 heterocycles. The summed E-state index contributed by atoms with van der Waals surface area (Å²) in [4.78, 5) is 12.0. The third kappa shape index (κ3) is 2.50. The highest BCUT2D eigenvalue weighted by Crippen LogP contribution is 2.39. The summed E-state index contributed by atoms with van der Waals surface area (Å²) < 4.78 is 0. The van der Waals surface area contributed by atoms with E-state index in [1.54, 1.807) is 0 Å². The maximum absolute atomic E-state index is 10.3. The third-order valence-corrected chi connectivity index (χ3v) is 6.16. The maximum Gasteiger partial charge on any atom is 0.139 e. The molecule has 118 valence electrons. The molecule has 0 saturated heterocycles. The fourth-order valence-corrected chi connectivity index (χ4v) is 5.13. The molecule has 0 radical (unpaired) electrons. The van der Waals surface area contributed by atoms with Gasteiger partial charge in [0, 0.05) is 4.88 Å². The van der Waals surface area contributed by atoms with Crippen LogP contribution in [0.5, 0.6) is 0 Å². The first kappa shape index (κ1) is 14.4. The summed E-state index contributed by atoms with van der Waals surface area (Å²) >= 11 is 1.84. The lowest BCUT2D eigenvalue weighted by atomic mass is 9.92. The van der Waals surface area contributed by atoms with Crippen LogP contribution in [0.15, 0.2) is 0 Å². The van der Waals surface area contributed by atoms with Crippen LogP contribution in [0.3, 0.4) is 0 Å². The van der Waals surface area contributed by atoms with Gasteiger partial charge in [-0.1, -0.05) is 12.8 Å². The minimum Gasteiger partial charge on any atom is -0.391 e. The van der Waals surface area contributed by atoms with Gasteiger partial charge in [-0.25, -0.2) is 9.97 Å². The molecule has 0 spiro atoms. The molecular weight excluding hydrogens is 294 g/mol. The average Bonchev–Trinajstić information content (AvgIpc) is 2.87. The predicted octanol–water partition coefficient (Wildman–Crippen LogP) is 3.59. The van der Waals surface area contributed by atoms with E-state index in [1.807, 2.05) is 18.3 Å². The Labute approximate surface area is 135 Å². The Bertz CT molecular complexity index is 697. The first-order valence-electron chi connectivity index (χ1n) is 8.46. The standard InChI is InChI=1S/C17H23N3OS/c1-10-18-16(20-12-7-3-4-8-13(12)21)15-11-6-2-5-9-14(11)22-17(15)19-10/h12-13,21H,2-9H2,1H3,(H,18,19,20)/t12-,13-/m0/s1. The number of aryl methyl sites for hydroxylation is 3. The minimum absolute atomic E-state index is 0.130. The maximum atomic E-state index is 10.3. The Morgan fingerprint density at radius 2 is 1.91 bits per heavy atom. The van der Waals surface area contributed by atoms with Crippen molar-refractivity contribution in [2.45, 2.75) is 70.4 Å². The molecule has 1 saturated carbocycles. The SMILES string of the molecule is Cc1nc(N[C@H]2CCCC[C@@H]2O)c2c3c(sc2n1)CCCC3. The number of aliphatic hydroxyl groups is 1. The van der Waals surface area contributed by atoms with Gasteiger partial charge in [-0.3, -0.25) is 0 Å². The van der Waals surface area contributed by atoms with Crippen molar-refractivity contribution in [3.05, 3.63) is 16.3 Å². The van der Waals surface area contributed by atoms with Crippen LogP contribution in [-0.2, 0) is 12.8 Å². The summed E-state index contributed by atoms with van der Waals surface area (Å²) in [5.74, 6) is 1.77. The zero-order valence-electron chi connectivity index (χ0n) is 13.1. The third-order valence-electron chi connectivity index (χ3n) is 4.98. The second-order valence-electron chi connectivity index (χ2n) is 6.61. The van der Waals surface area contributed by atoms with Crippen molar-refractivity contribution in [1.82, 2.24) is 9.97 Å². The van der Waals surface area contributed by atoms with Gasteiger partial charge in [-0.2, -0.15) is 0 Å². The summed E-state index contributed by atoms with van der Waals surface area (Å²) in [5.41, 5.74) is 1.46. The van der Waals surface area contributed by atoms with E-state index < -0.39 is 0 Å². The van der Waals surface area contributed by atoms with E-state index in [-0.39, 0.29) is 12.1 Å². The van der Waals surface area contributed by atoms with Crippen molar-refractivity contribution in [3.63, 3.8) is 0 Å². The lowest BCUT2D eigenvalue weighted by Gasteiger charge is -2.29. The molecule has 4 rings (SSSR count). The number of hydrogen-bond donors (Lipinski definition) is 2. The van der Waals surface area contributed by atoms with Gasteiger partial charge in [0.05, 0.1) is 17.5 Å². The number of anilines is 1. The van der Waals surface area contributed by atoms with E-state index in [1.165, 1.54) is 41.5 Å². The molecule has 0 unspecified atom stereocenters. The quantitative estimate of drug-likeness (QED) is 0.888. The molecule has 2 aromatic rings. The Morgan fingerprint density at radius 3 is 2.77 bits per heavy atom. The number of fused-ring (bicyclic) bond motifs is 3. The van der Waals surface area contributed by atoms with E-state index in [0.29, 0.717) is 0 Å². The van der Waals surface area contributed by atoms with Gasteiger partial charge in [-0.05, 0) is 51.0 Å². The zero-order valence-corrected chi connectivity index (χ0v) is 13.9. The molecule has 2 atom stereocenters. The van der Waals surface area contributed by atoms with Crippen LogP contribution in [0.2, 0.25) is 0 Å². The summed E-state index contributed by atoms with van der Waals surface area (Å²) in [7, 11) is 0. The van der Waals surface area contributed by atoms with Crippen molar-refractivity contribution < 1.29 is 5.11 Å². The van der Waals surface area contributed by atoms with Gasteiger partial charge in [0.15, 0.2) is 0 Å². The van der Waals surface area contributed by atoms with E-state index in [0.717, 1.165) is 42.2 Å². The molecule has 2 aliphatic rings. The molecule has 2 aliphatic carbocycles. The molecular formula is C17H23N3OS. The molecule has 0 bridgehead atoms. The molecule has 1 fully saturated rings. The highest BCUT2D eigenvalue weighted by Gasteiger charge is 2.26. The van der Waals surface area contributed by atoms with Crippen molar-refractivity contribution in [2.75, 3.05) is 5.32 Å². The first-order chi connectivity index (χ1) is 10.7. The molecule has 2 N–H and O–H groups in total. The van der Waals surface area contributed by atoms with Gasteiger partial charge < -0.3 is 10.4 Å². The second kappa shape index (κ2) is 5.78. The largest absolute Gasteiger partial charge is 0.391 e. The molecule has 4 nitrogen and oxygen atoms in total. The number of nitrogens with one attached hydrogen (secondary N) is 1. The first-order valence-corrected chi connectivity index (χ1v) is 9.27. The van der Waals surface area contributed by atoms with Gasteiger partial charge in [0.2, 0.25) is 0 Å². The Kier molecular flexibility index (Phi) is 3.78. The monoisotopic (exact) mass is 317 g/mol. The molecule has 0 aliphatic heterocycles. The predicted molar refractivity (Wildman–Crippen MR) is 90.7 cm³/mol. The minimum atomic E-state index is -0.256. The number of aliphatic hydroxyl groups excluding tert-OH is 1. The highest BCUT2D eigenvalue weighted by atomic mass is 32.1. The fraction of sp³-hybridized carbons (Fsp3) is 0.647. The van der Waals surface area contributed by atoms with Crippen molar-refractivity contribution >= 4 is 27.4 Å². The lowest BCUT2D eigenvalue weighted by molar-refractivity contribution is 0.116. The summed E-state index contributed by atoms with van der Waals surface area (Å²) in [5, 5.41) is 15.0. The smallest absolute Gasteiger partial charge is 0.139 e. The van der Waals surface area contributed by atoms with E-state index >= 15 is 0 Å².